The van der Waals surface area contributed by atoms with Gasteiger partial charge in [0.2, 0.25) is 0 Å². The summed E-state index contributed by atoms with van der Waals surface area (Å²) < 4.78 is 0. The molecular weight excluding hydrogens is 1350 g/mol. The quantitative estimate of drug-likeness (QED) is 0.142. The predicted octanol–water partition coefficient (Wildman–Crippen LogP) is 35.9. The number of hydrogen-bond donors (Lipinski definition) is 0. The Morgan fingerprint density at radius 1 is 0.116 bits per heavy atom. The summed E-state index contributed by atoms with van der Waals surface area (Å²) in [6.45, 7) is 66.3. The van der Waals surface area contributed by atoms with Crippen LogP contribution in [0.5, 0.6) is 0 Å². The van der Waals surface area contributed by atoms with Crippen LogP contribution in [-0.4, -0.2) is 0 Å². The van der Waals surface area contributed by atoms with Crippen molar-refractivity contribution in [2.45, 2.75) is 222 Å². The van der Waals surface area contributed by atoms with Gasteiger partial charge in [0, 0.05) is 0 Å². The molecule has 0 nitrogen and oxygen atoms in total. The van der Waals surface area contributed by atoms with Crippen molar-refractivity contribution >= 4 is 86.2 Å². The molecule has 16 rings (SSSR count). The summed E-state index contributed by atoms with van der Waals surface area (Å²) in [5.41, 5.74) is 21.5. The number of fused-ring (bicyclic) bond motifs is 8. The number of hydrogen-bond acceptors (Lipinski definition) is 0. The largest absolute Gasteiger partial charge is 0.0683 e. The van der Waals surface area contributed by atoms with E-state index < -0.39 is 0 Å². The average molecular weight is 1490 g/mol. The van der Waals surface area contributed by atoms with Crippen LogP contribution in [0.4, 0.5) is 0 Å². The second kappa shape index (κ2) is 55.9. The van der Waals surface area contributed by atoms with Gasteiger partial charge in [-0.15, -0.1) is 0 Å². The molecule has 0 heterocycles. The van der Waals surface area contributed by atoms with Gasteiger partial charge in [-0.05, 0) is 241 Å². The molecule has 0 N–H and O–H groups in total. The van der Waals surface area contributed by atoms with Gasteiger partial charge in [0.15, 0.2) is 0 Å². The van der Waals surface area contributed by atoms with Crippen LogP contribution in [0.15, 0.2) is 291 Å². The average Bonchev–Trinajstić information content (AvgIpc) is 0.823. The van der Waals surface area contributed by atoms with E-state index in [4.69, 9.17) is 0 Å². The van der Waals surface area contributed by atoms with Crippen molar-refractivity contribution in [3.8, 4) is 0 Å². The highest BCUT2D eigenvalue weighted by atomic mass is 14.1. The van der Waals surface area contributed by atoms with Gasteiger partial charge in [-0.2, -0.15) is 0 Å². The van der Waals surface area contributed by atoms with E-state index in [1.165, 1.54) is 175 Å². The lowest BCUT2D eigenvalue weighted by Crippen LogP contribution is -1.81. The second-order valence-corrected chi connectivity index (χ2v) is 26.4. The molecule has 0 heteroatoms. The first-order valence-corrected chi connectivity index (χ1v) is 41.9. The molecule has 0 aliphatic heterocycles. The monoisotopic (exact) mass is 1490 g/mol. The summed E-state index contributed by atoms with van der Waals surface area (Å²) in [4.78, 5) is 0. The summed E-state index contributed by atoms with van der Waals surface area (Å²) in [6, 6.07) is 104. The molecule has 0 saturated heterocycles. The molecule has 0 aliphatic rings. The Hall–Kier alpha value is -10.4. The van der Waals surface area contributed by atoms with Crippen molar-refractivity contribution in [1.82, 2.24) is 0 Å². The third kappa shape index (κ3) is 32.5. The number of aryl methyl sites for hydroxylation is 16. The Morgan fingerprint density at radius 3 is 0.732 bits per heavy atom. The van der Waals surface area contributed by atoms with Crippen LogP contribution in [0.25, 0.3) is 86.2 Å². The van der Waals surface area contributed by atoms with Crippen LogP contribution in [-0.2, 0) is 0 Å². The summed E-state index contributed by atoms with van der Waals surface area (Å²) in [7, 11) is 0. The van der Waals surface area contributed by atoms with Gasteiger partial charge in [0.1, 0.15) is 0 Å². The van der Waals surface area contributed by atoms with Gasteiger partial charge in [0.05, 0.1) is 0 Å². The molecule has 0 fully saturated rings. The molecule has 0 radical (unpaired) electrons. The van der Waals surface area contributed by atoms with E-state index in [1.807, 2.05) is 111 Å². The molecule has 592 valence electrons. The van der Waals surface area contributed by atoms with Gasteiger partial charge in [-0.1, -0.05) is 446 Å². The zero-order chi connectivity index (χ0) is 84.4. The highest BCUT2D eigenvalue weighted by Crippen LogP contribution is 2.26. The van der Waals surface area contributed by atoms with Gasteiger partial charge in [-0.25, -0.2) is 0 Å². The van der Waals surface area contributed by atoms with Crippen LogP contribution >= 0.6 is 0 Å². The van der Waals surface area contributed by atoms with Crippen molar-refractivity contribution in [2.75, 3.05) is 0 Å². The van der Waals surface area contributed by atoms with Crippen molar-refractivity contribution in [1.29, 1.82) is 0 Å². The van der Waals surface area contributed by atoms with E-state index in [-0.39, 0.29) is 0 Å². The minimum Gasteiger partial charge on any atom is -0.0683 e. The van der Waals surface area contributed by atoms with Crippen molar-refractivity contribution in [3.05, 3.63) is 380 Å². The lowest BCUT2D eigenvalue weighted by Gasteiger charge is -2.04. The van der Waals surface area contributed by atoms with Crippen molar-refractivity contribution in [2.24, 2.45) is 0 Å². The van der Waals surface area contributed by atoms with Gasteiger partial charge >= 0.3 is 0 Å². The molecule has 0 amide bonds. The third-order valence-electron chi connectivity index (χ3n) is 18.0. The molecule has 0 atom stereocenters. The zero-order valence-corrected chi connectivity index (χ0v) is 75.7. The molecule has 16 aromatic rings. The van der Waals surface area contributed by atoms with E-state index in [0.717, 1.165) is 0 Å². The highest BCUT2D eigenvalue weighted by molar-refractivity contribution is 5.91. The SMILES string of the molecule is CC.CC.CC.CC.CC.CC.CC.CC.Cc1cc(C)c2ccccc2c1.Cc1cc2ccccc2cc1C.Cc1ccc2c(C)cccc2c1.Cc1ccc2c(C)cccc2c1.Cc1ccc2cc(C)ccc2c1.Cc1ccc2ccc(C)cc2c1.Cc1ccc2cccc(C)c2c1.Cc1cccc2cccc(C)c12. The van der Waals surface area contributed by atoms with Crippen LogP contribution in [0.1, 0.15) is 200 Å². The molecule has 16 aromatic carbocycles. The molecule has 0 unspecified atom stereocenters. The van der Waals surface area contributed by atoms with Crippen LogP contribution in [0, 0.1) is 111 Å². The Kier molecular flexibility index (Phi) is 49.7. The predicted molar refractivity (Wildman–Crippen MR) is 518 cm³/mol. The van der Waals surface area contributed by atoms with E-state index in [2.05, 4.69) is 402 Å². The highest BCUT2D eigenvalue weighted by Gasteiger charge is 2.02. The Morgan fingerprint density at radius 2 is 0.357 bits per heavy atom. The molecule has 0 spiro atoms. The maximum absolute atomic E-state index is 2.24. The molecule has 0 aromatic heterocycles. The van der Waals surface area contributed by atoms with Gasteiger partial charge in [0.25, 0.3) is 0 Å². The van der Waals surface area contributed by atoms with Crippen molar-refractivity contribution in [3.63, 3.8) is 0 Å². The molecular formula is C112H144. The van der Waals surface area contributed by atoms with Crippen molar-refractivity contribution < 1.29 is 0 Å². The van der Waals surface area contributed by atoms with Gasteiger partial charge in [-0.3, -0.25) is 0 Å². The molecule has 0 aliphatic carbocycles. The zero-order valence-electron chi connectivity index (χ0n) is 75.7. The summed E-state index contributed by atoms with van der Waals surface area (Å²) in [5.74, 6) is 0. The number of rotatable bonds is 0. The lowest BCUT2D eigenvalue weighted by molar-refractivity contribution is 1.37. The topological polar surface area (TPSA) is 0 Å². The summed E-state index contributed by atoms with van der Waals surface area (Å²) in [6.07, 6.45) is 0. The minimum absolute atomic E-state index is 1.33. The van der Waals surface area contributed by atoms with Crippen LogP contribution < -0.4 is 0 Å². The third-order valence-corrected chi connectivity index (χ3v) is 18.0. The normalized spacial score (nSPS) is 9.43. The Bertz CT molecular complexity index is 5000. The summed E-state index contributed by atoms with van der Waals surface area (Å²) in [5, 5.41) is 21.6. The van der Waals surface area contributed by atoms with Gasteiger partial charge < -0.3 is 0 Å². The number of benzene rings is 16. The molecule has 0 bridgehead atoms. The Labute approximate surface area is 683 Å². The van der Waals surface area contributed by atoms with Crippen LogP contribution in [0.2, 0.25) is 0 Å². The molecule has 112 heavy (non-hydrogen) atoms. The minimum atomic E-state index is 1.33. The van der Waals surface area contributed by atoms with E-state index in [1.54, 1.807) is 0 Å². The second-order valence-electron chi connectivity index (χ2n) is 26.4. The van der Waals surface area contributed by atoms with E-state index >= 15 is 0 Å². The standard InChI is InChI=1S/8C12H12.8C2H6/c1-9-3-5-12-8-10(2)4-6-11(12)7-9;1-9-3-5-11-6-4-10(2)8-12(11)7-9;1-9-5-3-7-11-8-4-6-10(2)12(9)11;2*1-9-6-7-12-10(2)4-3-5-11(12)8-9;1-9-6-7-11-5-3-4-10(2)12(11)8-9;1-9-7-11-5-3-4-6-12(11)8-10(9)2;1-9-7-10(2)12-6-4-3-5-11(12)8-9;8*1-2/h8*3-8H,1-2H3;8*1-2H3. The Balaban J connectivity index is 0.000000623. The first-order valence-electron chi connectivity index (χ1n) is 41.9. The maximum atomic E-state index is 2.24. The fraction of sp³-hybridized carbons (Fsp3) is 0.286. The van der Waals surface area contributed by atoms with E-state index in [0.29, 0.717) is 0 Å². The fourth-order valence-electron chi connectivity index (χ4n) is 12.5. The smallest absolute Gasteiger partial charge is 0.0125 e. The first kappa shape index (κ1) is 99.6. The molecule has 0 saturated carbocycles. The summed E-state index contributed by atoms with van der Waals surface area (Å²) >= 11 is 0. The van der Waals surface area contributed by atoms with E-state index in [9.17, 15) is 0 Å². The first-order chi connectivity index (χ1) is 54.2. The van der Waals surface area contributed by atoms with Crippen LogP contribution in [0.3, 0.4) is 0 Å². The maximum Gasteiger partial charge on any atom is -0.0125 e. The lowest BCUT2D eigenvalue weighted by atomic mass is 10.0. The fourth-order valence-corrected chi connectivity index (χ4v) is 12.5.